The Morgan fingerprint density at radius 2 is 1.75 bits per heavy atom. The van der Waals surface area contributed by atoms with Crippen LogP contribution < -0.4 is 9.47 Å². The summed E-state index contributed by atoms with van der Waals surface area (Å²) in [5, 5.41) is -0.544. The highest BCUT2D eigenvalue weighted by Crippen LogP contribution is 2.26. The number of piperidine rings is 1. The minimum atomic E-state index is -3.47. The van der Waals surface area contributed by atoms with Crippen molar-refractivity contribution in [1.29, 1.82) is 0 Å². The van der Waals surface area contributed by atoms with Crippen LogP contribution in [0, 0.1) is 5.82 Å². The molecule has 0 radical (unpaired) electrons. The number of halogens is 1. The van der Waals surface area contributed by atoms with Gasteiger partial charge in [-0.15, -0.1) is 0 Å². The maximum Gasteiger partial charge on any atom is 0.260 e. The van der Waals surface area contributed by atoms with Crippen molar-refractivity contribution in [1.82, 2.24) is 4.90 Å². The number of para-hydroxylation sites is 1. The van der Waals surface area contributed by atoms with Crippen LogP contribution in [-0.4, -0.2) is 51.3 Å². The van der Waals surface area contributed by atoms with Gasteiger partial charge in [0.1, 0.15) is 5.75 Å². The number of amides is 1. The van der Waals surface area contributed by atoms with Gasteiger partial charge in [0.05, 0.1) is 17.3 Å². The molecule has 1 fully saturated rings. The summed E-state index contributed by atoms with van der Waals surface area (Å²) in [5.41, 5.74) is 0. The van der Waals surface area contributed by atoms with E-state index in [1.807, 2.05) is 0 Å². The Kier molecular flexibility index (Phi) is 6.18. The molecule has 1 amide bonds. The highest BCUT2D eigenvalue weighted by molar-refractivity contribution is 7.92. The van der Waals surface area contributed by atoms with Gasteiger partial charge < -0.3 is 14.4 Å². The molecular formula is C20H22FNO5S. The average Bonchev–Trinajstić information content (AvgIpc) is 2.73. The predicted molar refractivity (Wildman–Crippen MR) is 102 cm³/mol. The molecule has 2 aromatic carbocycles. The molecule has 1 aliphatic heterocycles. The number of carbonyl (C=O) groups excluding carboxylic acids is 1. The van der Waals surface area contributed by atoms with E-state index < -0.39 is 20.9 Å². The first-order valence-corrected chi connectivity index (χ1v) is 10.5. The van der Waals surface area contributed by atoms with E-state index in [0.29, 0.717) is 31.7 Å². The molecule has 1 aliphatic rings. The van der Waals surface area contributed by atoms with E-state index in [1.54, 1.807) is 23.1 Å². The lowest BCUT2D eigenvalue weighted by atomic mass is 10.1. The zero-order valence-electron chi connectivity index (χ0n) is 15.5. The van der Waals surface area contributed by atoms with E-state index in [1.165, 1.54) is 37.4 Å². The number of ether oxygens (including phenoxy) is 2. The quantitative estimate of drug-likeness (QED) is 0.736. The lowest BCUT2D eigenvalue weighted by Gasteiger charge is -2.31. The van der Waals surface area contributed by atoms with Gasteiger partial charge in [0, 0.05) is 13.1 Å². The largest absolute Gasteiger partial charge is 0.497 e. The van der Waals surface area contributed by atoms with Crippen molar-refractivity contribution in [3.8, 4) is 11.5 Å². The number of carbonyl (C=O) groups is 1. The summed E-state index contributed by atoms with van der Waals surface area (Å²) >= 11 is 0. The van der Waals surface area contributed by atoms with Gasteiger partial charge in [-0.2, -0.15) is 0 Å². The first kappa shape index (κ1) is 20.1. The second-order valence-electron chi connectivity index (χ2n) is 6.52. The van der Waals surface area contributed by atoms with Crippen molar-refractivity contribution in [2.24, 2.45) is 0 Å². The second kappa shape index (κ2) is 8.60. The van der Waals surface area contributed by atoms with Crippen LogP contribution in [0.25, 0.3) is 0 Å². The minimum absolute atomic E-state index is 0.0211. The highest BCUT2D eigenvalue weighted by Gasteiger charge is 2.32. The first-order valence-electron chi connectivity index (χ1n) is 8.95. The van der Waals surface area contributed by atoms with E-state index in [2.05, 4.69) is 0 Å². The summed E-state index contributed by atoms with van der Waals surface area (Å²) in [5.74, 6) is -0.204. The summed E-state index contributed by atoms with van der Waals surface area (Å²) in [6.07, 6.45) is 0.694. The molecule has 0 unspecified atom stereocenters. The zero-order valence-corrected chi connectivity index (χ0v) is 16.3. The average molecular weight is 407 g/mol. The molecule has 1 heterocycles. The Labute approximate surface area is 163 Å². The van der Waals surface area contributed by atoms with Gasteiger partial charge in [-0.25, -0.2) is 12.8 Å². The molecule has 0 aromatic heterocycles. The molecule has 150 valence electrons. The number of likely N-dealkylation sites (tertiary alicyclic amines) is 1. The lowest BCUT2D eigenvalue weighted by molar-refractivity contribution is -0.134. The molecule has 6 nitrogen and oxygen atoms in total. The summed E-state index contributed by atoms with van der Waals surface area (Å²) < 4.78 is 49.4. The van der Waals surface area contributed by atoms with Gasteiger partial charge >= 0.3 is 0 Å². The van der Waals surface area contributed by atoms with Crippen LogP contribution in [-0.2, 0) is 14.6 Å². The number of sulfone groups is 1. The van der Waals surface area contributed by atoms with Crippen LogP contribution in [0.4, 0.5) is 4.39 Å². The van der Waals surface area contributed by atoms with Crippen LogP contribution >= 0.6 is 0 Å². The molecule has 2 aromatic rings. The Bertz CT molecular complexity index is 922. The van der Waals surface area contributed by atoms with Crippen molar-refractivity contribution in [3.05, 3.63) is 54.3 Å². The van der Waals surface area contributed by atoms with Crippen LogP contribution in [0.15, 0.2) is 53.4 Å². The Hall–Kier alpha value is -2.61. The standard InChI is InChI=1S/C20H22FNO5S/c1-26-15-6-8-16(9-7-15)28(24,25)17-10-12-22(13-11-17)20(23)14-27-19-5-3-2-4-18(19)21/h2-9,17H,10-14H2,1H3. The maximum atomic E-state index is 13.5. The highest BCUT2D eigenvalue weighted by atomic mass is 32.2. The second-order valence-corrected chi connectivity index (χ2v) is 8.75. The van der Waals surface area contributed by atoms with Crippen LogP contribution in [0.1, 0.15) is 12.8 Å². The number of hydrogen-bond donors (Lipinski definition) is 0. The van der Waals surface area contributed by atoms with E-state index >= 15 is 0 Å². The molecule has 0 bridgehead atoms. The predicted octanol–water partition coefficient (Wildman–Crippen LogP) is 2.68. The van der Waals surface area contributed by atoms with Crippen LogP contribution in [0.3, 0.4) is 0 Å². The monoisotopic (exact) mass is 407 g/mol. The molecule has 28 heavy (non-hydrogen) atoms. The molecular weight excluding hydrogens is 385 g/mol. The maximum absolute atomic E-state index is 13.5. The van der Waals surface area contributed by atoms with Crippen LogP contribution in [0.5, 0.6) is 11.5 Å². The third kappa shape index (κ3) is 4.44. The third-order valence-corrected chi connectivity index (χ3v) is 7.09. The number of nitrogens with zero attached hydrogens (tertiary/aromatic N) is 1. The van der Waals surface area contributed by atoms with Crippen molar-refractivity contribution in [2.75, 3.05) is 26.8 Å². The first-order chi connectivity index (χ1) is 13.4. The fraction of sp³-hybridized carbons (Fsp3) is 0.350. The summed E-state index contributed by atoms with van der Waals surface area (Å²) in [7, 11) is -1.95. The van der Waals surface area contributed by atoms with Gasteiger partial charge in [0.25, 0.3) is 5.91 Å². The molecule has 0 aliphatic carbocycles. The van der Waals surface area contributed by atoms with Crippen LogP contribution in [0.2, 0.25) is 0 Å². The summed E-state index contributed by atoms with van der Waals surface area (Å²) in [6, 6.07) is 12.2. The molecule has 1 saturated heterocycles. The van der Waals surface area contributed by atoms with Crippen molar-refractivity contribution in [2.45, 2.75) is 23.0 Å². The van der Waals surface area contributed by atoms with E-state index in [4.69, 9.17) is 9.47 Å². The molecule has 0 atom stereocenters. The molecule has 0 spiro atoms. The molecule has 0 saturated carbocycles. The van der Waals surface area contributed by atoms with Gasteiger partial charge in [-0.05, 0) is 49.2 Å². The normalized spacial score (nSPS) is 15.3. The Balaban J connectivity index is 1.55. The number of hydrogen-bond acceptors (Lipinski definition) is 5. The minimum Gasteiger partial charge on any atom is -0.497 e. The van der Waals surface area contributed by atoms with Gasteiger partial charge in [-0.3, -0.25) is 4.79 Å². The van der Waals surface area contributed by atoms with Crippen molar-refractivity contribution < 1.29 is 27.1 Å². The fourth-order valence-corrected chi connectivity index (χ4v) is 4.90. The van der Waals surface area contributed by atoms with E-state index in [9.17, 15) is 17.6 Å². The topological polar surface area (TPSA) is 72.9 Å². The number of rotatable bonds is 6. The van der Waals surface area contributed by atoms with Gasteiger partial charge in [0.2, 0.25) is 0 Å². The third-order valence-electron chi connectivity index (χ3n) is 4.81. The summed E-state index contributed by atoms with van der Waals surface area (Å²) in [4.78, 5) is 14.1. The molecule has 0 N–H and O–H groups in total. The summed E-state index contributed by atoms with van der Waals surface area (Å²) in [6.45, 7) is 0.357. The van der Waals surface area contributed by atoms with Gasteiger partial charge in [0.15, 0.2) is 28.0 Å². The SMILES string of the molecule is COc1ccc(S(=O)(=O)C2CCN(C(=O)COc3ccccc3F)CC2)cc1. The smallest absolute Gasteiger partial charge is 0.260 e. The van der Waals surface area contributed by atoms with Gasteiger partial charge in [-0.1, -0.05) is 12.1 Å². The molecule has 8 heteroatoms. The molecule has 3 rings (SSSR count). The lowest BCUT2D eigenvalue weighted by Crippen LogP contribution is -2.44. The number of benzene rings is 2. The van der Waals surface area contributed by atoms with E-state index in [0.717, 1.165) is 0 Å². The van der Waals surface area contributed by atoms with Crippen molar-refractivity contribution in [3.63, 3.8) is 0 Å². The number of methoxy groups -OCH3 is 1. The fourth-order valence-electron chi connectivity index (χ4n) is 3.17. The van der Waals surface area contributed by atoms with Crippen molar-refractivity contribution >= 4 is 15.7 Å². The Morgan fingerprint density at radius 1 is 1.11 bits per heavy atom. The zero-order chi connectivity index (χ0) is 20.1. The van der Waals surface area contributed by atoms with E-state index in [-0.39, 0.29) is 23.2 Å². The Morgan fingerprint density at radius 3 is 2.36 bits per heavy atom.